The molecule has 19 heavy (non-hydrogen) atoms. The highest BCUT2D eigenvalue weighted by Crippen LogP contribution is 2.17. The third kappa shape index (κ3) is 7.71. The summed E-state index contributed by atoms with van der Waals surface area (Å²) in [5, 5.41) is 5.77. The van der Waals surface area contributed by atoms with E-state index in [0.29, 0.717) is 5.41 Å². The van der Waals surface area contributed by atoms with E-state index in [1.165, 1.54) is 4.88 Å². The molecule has 1 heterocycles. The van der Waals surface area contributed by atoms with Gasteiger partial charge >= 0.3 is 0 Å². The van der Waals surface area contributed by atoms with Gasteiger partial charge in [-0.25, -0.2) is 0 Å². The Hall–Kier alpha value is -0.380. The molecule has 1 aromatic rings. The second-order valence-corrected chi connectivity index (χ2v) is 8.37. The zero-order chi connectivity index (χ0) is 14.5. The van der Waals surface area contributed by atoms with Gasteiger partial charge in [0, 0.05) is 30.1 Å². The van der Waals surface area contributed by atoms with Crippen LogP contribution in [0.5, 0.6) is 0 Å². The monoisotopic (exact) mass is 282 g/mol. The van der Waals surface area contributed by atoms with Crippen molar-refractivity contribution in [3.63, 3.8) is 0 Å². The third-order valence-electron chi connectivity index (χ3n) is 3.12. The van der Waals surface area contributed by atoms with Gasteiger partial charge in [-0.3, -0.25) is 0 Å². The van der Waals surface area contributed by atoms with Crippen molar-refractivity contribution in [2.75, 3.05) is 26.7 Å². The molecule has 1 aromatic heterocycles. The van der Waals surface area contributed by atoms with E-state index in [1.54, 1.807) is 0 Å². The third-order valence-corrected chi connectivity index (χ3v) is 4.05. The lowest BCUT2D eigenvalue weighted by Crippen LogP contribution is -2.45. The van der Waals surface area contributed by atoms with Crippen molar-refractivity contribution < 1.29 is 0 Å². The molecule has 1 rings (SSSR count). The first-order valence-corrected chi connectivity index (χ1v) is 8.02. The van der Waals surface area contributed by atoms with Crippen molar-refractivity contribution in [1.82, 2.24) is 10.2 Å². The molecule has 0 aliphatic heterocycles. The number of thiophene rings is 1. The van der Waals surface area contributed by atoms with Gasteiger partial charge in [0.2, 0.25) is 0 Å². The fourth-order valence-corrected chi connectivity index (χ4v) is 2.82. The van der Waals surface area contributed by atoms with Crippen molar-refractivity contribution in [2.24, 2.45) is 5.41 Å². The zero-order valence-corrected chi connectivity index (χ0v) is 14.2. The molecule has 110 valence electrons. The van der Waals surface area contributed by atoms with Gasteiger partial charge in [-0.15, -0.1) is 11.3 Å². The van der Waals surface area contributed by atoms with Gasteiger partial charge < -0.3 is 10.2 Å². The quantitative estimate of drug-likeness (QED) is 0.821. The minimum atomic E-state index is 0.201. The largest absolute Gasteiger partial charge is 0.311 e. The Labute approximate surface area is 123 Å². The second-order valence-electron chi connectivity index (χ2n) is 7.33. The number of nitrogens with zero attached hydrogens (tertiary/aromatic N) is 1. The van der Waals surface area contributed by atoms with Gasteiger partial charge in [0.05, 0.1) is 0 Å². The molecule has 0 aliphatic carbocycles. The molecule has 0 bridgehead atoms. The Bertz CT molecular complexity index is 349. The lowest BCUT2D eigenvalue weighted by atomic mass is 9.91. The first kappa shape index (κ1) is 16.7. The van der Waals surface area contributed by atoms with E-state index >= 15 is 0 Å². The SMILES string of the molecule is CN(CCc1cccs1)CC(C)(C)CNC(C)(C)C. The second kappa shape index (κ2) is 6.87. The maximum Gasteiger partial charge on any atom is 0.00967 e. The van der Waals surface area contributed by atoms with Crippen LogP contribution in [0.2, 0.25) is 0 Å². The number of likely N-dealkylation sites (N-methyl/N-ethyl adjacent to an activating group) is 1. The molecule has 0 radical (unpaired) electrons. The van der Waals surface area contributed by atoms with E-state index in [4.69, 9.17) is 0 Å². The zero-order valence-electron chi connectivity index (χ0n) is 13.4. The molecule has 3 heteroatoms. The smallest absolute Gasteiger partial charge is 0.00967 e. The lowest BCUT2D eigenvalue weighted by Gasteiger charge is -2.33. The predicted octanol–water partition coefficient (Wildman–Crippen LogP) is 3.64. The lowest BCUT2D eigenvalue weighted by molar-refractivity contribution is 0.193. The molecule has 0 atom stereocenters. The van der Waals surface area contributed by atoms with Crippen LogP contribution < -0.4 is 5.32 Å². The first-order valence-electron chi connectivity index (χ1n) is 7.14. The van der Waals surface area contributed by atoms with Crippen LogP contribution in [0.4, 0.5) is 0 Å². The van der Waals surface area contributed by atoms with Crippen LogP contribution >= 0.6 is 11.3 Å². The number of rotatable bonds is 7. The van der Waals surface area contributed by atoms with E-state index in [0.717, 1.165) is 26.1 Å². The highest BCUT2D eigenvalue weighted by Gasteiger charge is 2.22. The first-order chi connectivity index (χ1) is 8.68. The van der Waals surface area contributed by atoms with E-state index in [2.05, 4.69) is 69.4 Å². The van der Waals surface area contributed by atoms with E-state index in [-0.39, 0.29) is 5.54 Å². The maximum atomic E-state index is 3.61. The van der Waals surface area contributed by atoms with Crippen LogP contribution in [0.25, 0.3) is 0 Å². The molecule has 0 aliphatic rings. The summed E-state index contributed by atoms with van der Waals surface area (Å²) in [5.41, 5.74) is 0.504. The molecule has 1 N–H and O–H groups in total. The summed E-state index contributed by atoms with van der Waals surface area (Å²) in [6.45, 7) is 14.7. The van der Waals surface area contributed by atoms with Crippen LogP contribution in [-0.4, -0.2) is 37.1 Å². The minimum absolute atomic E-state index is 0.201. The Morgan fingerprint density at radius 2 is 1.89 bits per heavy atom. The molecule has 0 unspecified atom stereocenters. The molecule has 0 spiro atoms. The molecular formula is C16H30N2S. The molecule has 0 saturated heterocycles. The predicted molar refractivity (Wildman–Crippen MR) is 87.1 cm³/mol. The van der Waals surface area contributed by atoms with Crippen LogP contribution in [-0.2, 0) is 6.42 Å². The van der Waals surface area contributed by atoms with Crippen molar-refractivity contribution >= 4 is 11.3 Å². The summed E-state index contributed by atoms with van der Waals surface area (Å²) in [6, 6.07) is 4.36. The van der Waals surface area contributed by atoms with Crippen molar-refractivity contribution in [3.05, 3.63) is 22.4 Å². The summed E-state index contributed by atoms with van der Waals surface area (Å²) in [6.07, 6.45) is 1.16. The van der Waals surface area contributed by atoms with Gasteiger partial charge in [-0.1, -0.05) is 19.9 Å². The fraction of sp³-hybridized carbons (Fsp3) is 0.750. The van der Waals surface area contributed by atoms with Gasteiger partial charge in [0.15, 0.2) is 0 Å². The Morgan fingerprint density at radius 3 is 2.42 bits per heavy atom. The minimum Gasteiger partial charge on any atom is -0.311 e. The summed E-state index contributed by atoms with van der Waals surface area (Å²) >= 11 is 1.86. The molecule has 0 saturated carbocycles. The van der Waals surface area contributed by atoms with Crippen LogP contribution in [0.3, 0.4) is 0 Å². The van der Waals surface area contributed by atoms with Gasteiger partial charge in [0.1, 0.15) is 0 Å². The van der Waals surface area contributed by atoms with Crippen LogP contribution in [0.15, 0.2) is 17.5 Å². The summed E-state index contributed by atoms with van der Waals surface area (Å²) < 4.78 is 0. The highest BCUT2D eigenvalue weighted by molar-refractivity contribution is 7.09. The normalized spacial score (nSPS) is 13.2. The van der Waals surface area contributed by atoms with Crippen LogP contribution in [0, 0.1) is 5.41 Å². The molecular weight excluding hydrogens is 252 g/mol. The molecule has 2 nitrogen and oxygen atoms in total. The van der Waals surface area contributed by atoms with Crippen molar-refractivity contribution in [1.29, 1.82) is 0 Å². The van der Waals surface area contributed by atoms with Gasteiger partial charge in [0.25, 0.3) is 0 Å². The van der Waals surface area contributed by atoms with E-state index in [1.807, 2.05) is 11.3 Å². The molecule has 0 fully saturated rings. The van der Waals surface area contributed by atoms with Crippen molar-refractivity contribution in [3.8, 4) is 0 Å². The highest BCUT2D eigenvalue weighted by atomic mass is 32.1. The Kier molecular flexibility index (Phi) is 6.03. The van der Waals surface area contributed by atoms with Crippen molar-refractivity contribution in [2.45, 2.75) is 46.6 Å². The Morgan fingerprint density at radius 1 is 1.21 bits per heavy atom. The molecule has 0 amide bonds. The standard InChI is InChI=1S/C16H30N2S/c1-15(2,3)17-12-16(4,5)13-18(6)10-9-14-8-7-11-19-14/h7-8,11,17H,9-10,12-13H2,1-6H3. The van der Waals surface area contributed by atoms with Gasteiger partial charge in [-0.2, -0.15) is 0 Å². The number of nitrogens with one attached hydrogen (secondary N) is 1. The number of hydrogen-bond acceptors (Lipinski definition) is 3. The van der Waals surface area contributed by atoms with Crippen LogP contribution in [0.1, 0.15) is 39.5 Å². The Balaban J connectivity index is 2.31. The summed E-state index contributed by atoms with van der Waals surface area (Å²) in [4.78, 5) is 3.93. The number of hydrogen-bond donors (Lipinski definition) is 1. The fourth-order valence-electron chi connectivity index (χ4n) is 2.13. The summed E-state index contributed by atoms with van der Waals surface area (Å²) in [7, 11) is 2.23. The average molecular weight is 282 g/mol. The maximum absolute atomic E-state index is 3.61. The average Bonchev–Trinajstić information content (AvgIpc) is 2.75. The van der Waals surface area contributed by atoms with E-state index < -0.39 is 0 Å². The van der Waals surface area contributed by atoms with E-state index in [9.17, 15) is 0 Å². The summed E-state index contributed by atoms with van der Waals surface area (Å²) in [5.74, 6) is 0. The topological polar surface area (TPSA) is 15.3 Å². The molecule has 0 aromatic carbocycles. The van der Waals surface area contributed by atoms with Gasteiger partial charge in [-0.05, 0) is 51.1 Å².